The van der Waals surface area contributed by atoms with Crippen LogP contribution in [0.5, 0.6) is 0 Å². The smallest absolute Gasteiger partial charge is 0.216 e. The molecular weight excluding hydrogens is 292 g/mol. The first kappa shape index (κ1) is 17.9. The number of carbonyl (C=O) groups is 1. The average Bonchev–Trinajstić information content (AvgIpc) is 3.03. The molecule has 6 nitrogen and oxygen atoms in total. The average molecular weight is 322 g/mol. The van der Waals surface area contributed by atoms with E-state index in [2.05, 4.69) is 32.7 Å². The zero-order valence-corrected chi connectivity index (χ0v) is 14.2. The van der Waals surface area contributed by atoms with Crippen LogP contribution in [0.15, 0.2) is 12.3 Å². The first-order valence-electron chi connectivity index (χ1n) is 8.82. The second-order valence-corrected chi connectivity index (χ2v) is 6.22. The number of nitrogens with zero attached hydrogens (tertiary/aromatic N) is 2. The van der Waals surface area contributed by atoms with Gasteiger partial charge in [-0.2, -0.15) is 5.10 Å². The molecule has 23 heavy (non-hydrogen) atoms. The monoisotopic (exact) mass is 322 g/mol. The van der Waals surface area contributed by atoms with Gasteiger partial charge in [-0.25, -0.2) is 0 Å². The van der Waals surface area contributed by atoms with Crippen molar-refractivity contribution in [3.63, 3.8) is 0 Å². The fourth-order valence-electron chi connectivity index (χ4n) is 2.93. The van der Waals surface area contributed by atoms with Crippen molar-refractivity contribution >= 4 is 5.91 Å². The number of nitrogens with one attached hydrogen (secondary N) is 2. The maximum atomic E-state index is 10.7. The molecule has 1 aliphatic rings. The molecule has 0 aromatic carbocycles. The zero-order valence-electron chi connectivity index (χ0n) is 14.2. The van der Waals surface area contributed by atoms with E-state index in [0.717, 1.165) is 31.8 Å². The molecule has 0 atom stereocenters. The van der Waals surface area contributed by atoms with Crippen LogP contribution >= 0.6 is 0 Å². The van der Waals surface area contributed by atoms with E-state index in [1.54, 1.807) is 0 Å². The van der Waals surface area contributed by atoms with Gasteiger partial charge in [0.25, 0.3) is 0 Å². The van der Waals surface area contributed by atoms with Crippen molar-refractivity contribution in [2.24, 2.45) is 0 Å². The van der Waals surface area contributed by atoms with E-state index in [4.69, 9.17) is 4.74 Å². The van der Waals surface area contributed by atoms with Crippen molar-refractivity contribution in [3.05, 3.63) is 18.0 Å². The Balaban J connectivity index is 1.50. The summed E-state index contributed by atoms with van der Waals surface area (Å²) in [7, 11) is 0. The first-order chi connectivity index (χ1) is 11.3. The quantitative estimate of drug-likeness (QED) is 0.647. The maximum Gasteiger partial charge on any atom is 0.216 e. The highest BCUT2D eigenvalue weighted by atomic mass is 16.5. The predicted molar refractivity (Wildman–Crippen MR) is 90.2 cm³/mol. The molecule has 0 spiro atoms. The first-order valence-corrected chi connectivity index (χ1v) is 8.82. The molecular formula is C17H30N4O2. The summed E-state index contributed by atoms with van der Waals surface area (Å²) in [5.41, 5.74) is 1.02. The molecule has 130 valence electrons. The standard InChI is InChI=1S/C17H30N4O2/c1-15(22)19-11-10-18-9-5-13-23-14-16-8-12-21(20-16)17-6-3-2-4-7-17/h8,12,17-18H,2-7,9-11,13-14H2,1H3,(H,19,22). The third-order valence-corrected chi connectivity index (χ3v) is 4.18. The third-order valence-electron chi connectivity index (χ3n) is 4.18. The van der Waals surface area contributed by atoms with Crippen molar-refractivity contribution in [2.75, 3.05) is 26.2 Å². The Morgan fingerprint density at radius 3 is 2.91 bits per heavy atom. The Hall–Kier alpha value is -1.40. The Bertz CT molecular complexity index is 455. The van der Waals surface area contributed by atoms with Gasteiger partial charge in [-0.05, 0) is 31.9 Å². The molecule has 0 bridgehead atoms. The Kier molecular flexibility index (Phi) is 8.11. The lowest BCUT2D eigenvalue weighted by atomic mass is 9.96. The molecule has 0 radical (unpaired) electrons. The molecule has 6 heteroatoms. The van der Waals surface area contributed by atoms with Gasteiger partial charge in [-0.15, -0.1) is 0 Å². The van der Waals surface area contributed by atoms with Crippen LogP contribution in [-0.4, -0.2) is 41.9 Å². The summed E-state index contributed by atoms with van der Waals surface area (Å²) < 4.78 is 7.81. The van der Waals surface area contributed by atoms with Crippen molar-refractivity contribution < 1.29 is 9.53 Å². The summed E-state index contributed by atoms with van der Waals surface area (Å²) in [6.07, 6.45) is 9.59. The minimum absolute atomic E-state index is 0.0165. The summed E-state index contributed by atoms with van der Waals surface area (Å²) >= 11 is 0. The summed E-state index contributed by atoms with van der Waals surface area (Å²) in [5, 5.41) is 10.7. The van der Waals surface area contributed by atoms with Crippen molar-refractivity contribution in [2.45, 2.75) is 58.1 Å². The molecule has 0 saturated heterocycles. The van der Waals surface area contributed by atoms with Crippen molar-refractivity contribution in [3.8, 4) is 0 Å². The molecule has 2 N–H and O–H groups in total. The highest BCUT2D eigenvalue weighted by Crippen LogP contribution is 2.27. The molecule has 1 aliphatic carbocycles. The lowest BCUT2D eigenvalue weighted by Crippen LogP contribution is -2.30. The van der Waals surface area contributed by atoms with Crippen LogP contribution in [0.3, 0.4) is 0 Å². The molecule has 1 saturated carbocycles. The summed E-state index contributed by atoms with van der Waals surface area (Å²) in [6, 6.07) is 2.66. The number of amides is 1. The molecule has 1 aromatic heterocycles. The molecule has 1 heterocycles. The van der Waals surface area contributed by atoms with Gasteiger partial charge in [0, 0.05) is 32.8 Å². The van der Waals surface area contributed by atoms with E-state index in [0.29, 0.717) is 19.2 Å². The SMILES string of the molecule is CC(=O)NCCNCCCOCc1ccn(C2CCCCC2)n1. The summed E-state index contributed by atoms with van der Waals surface area (Å²) in [4.78, 5) is 10.7. The lowest BCUT2D eigenvalue weighted by Gasteiger charge is -2.21. The van der Waals surface area contributed by atoms with Crippen molar-refractivity contribution in [1.29, 1.82) is 0 Å². The zero-order chi connectivity index (χ0) is 16.3. The molecule has 1 aromatic rings. The number of carbonyl (C=O) groups excluding carboxylic acids is 1. The van der Waals surface area contributed by atoms with Crippen LogP contribution in [0.1, 0.15) is 57.2 Å². The molecule has 0 unspecified atom stereocenters. The lowest BCUT2D eigenvalue weighted by molar-refractivity contribution is -0.118. The van der Waals surface area contributed by atoms with Crippen LogP contribution in [0.2, 0.25) is 0 Å². The van der Waals surface area contributed by atoms with Crippen LogP contribution in [0.25, 0.3) is 0 Å². The second-order valence-electron chi connectivity index (χ2n) is 6.22. The molecule has 1 amide bonds. The van der Waals surface area contributed by atoms with E-state index >= 15 is 0 Å². The van der Waals surface area contributed by atoms with Gasteiger partial charge in [0.05, 0.1) is 18.3 Å². The van der Waals surface area contributed by atoms with Crippen LogP contribution in [0, 0.1) is 0 Å². The third kappa shape index (κ3) is 7.14. The molecule has 2 rings (SSSR count). The van der Waals surface area contributed by atoms with E-state index in [1.807, 2.05) is 0 Å². The number of aromatic nitrogens is 2. The van der Waals surface area contributed by atoms with Gasteiger partial charge in [-0.1, -0.05) is 19.3 Å². The summed E-state index contributed by atoms with van der Waals surface area (Å²) in [6.45, 7) is 5.22. The van der Waals surface area contributed by atoms with Crippen LogP contribution in [0.4, 0.5) is 0 Å². The molecule has 0 aliphatic heterocycles. The van der Waals surface area contributed by atoms with Crippen LogP contribution < -0.4 is 10.6 Å². The fraction of sp³-hybridized carbons (Fsp3) is 0.765. The van der Waals surface area contributed by atoms with E-state index in [1.165, 1.54) is 39.0 Å². The summed E-state index contributed by atoms with van der Waals surface area (Å²) in [5.74, 6) is 0.0165. The second kappa shape index (κ2) is 10.4. The Morgan fingerprint density at radius 1 is 1.30 bits per heavy atom. The largest absolute Gasteiger partial charge is 0.375 e. The van der Waals surface area contributed by atoms with Gasteiger partial charge < -0.3 is 15.4 Å². The maximum absolute atomic E-state index is 10.7. The van der Waals surface area contributed by atoms with Gasteiger partial charge in [0.15, 0.2) is 0 Å². The van der Waals surface area contributed by atoms with E-state index < -0.39 is 0 Å². The highest BCUT2D eigenvalue weighted by molar-refractivity contribution is 5.72. The predicted octanol–water partition coefficient (Wildman–Crippen LogP) is 2.02. The van der Waals surface area contributed by atoms with E-state index in [-0.39, 0.29) is 5.91 Å². The number of hydrogen-bond donors (Lipinski definition) is 2. The highest BCUT2D eigenvalue weighted by Gasteiger charge is 2.15. The minimum atomic E-state index is 0.0165. The number of ether oxygens (including phenoxy) is 1. The van der Waals surface area contributed by atoms with Gasteiger partial charge >= 0.3 is 0 Å². The Labute approximate surface area is 139 Å². The number of rotatable bonds is 10. The van der Waals surface area contributed by atoms with Gasteiger partial charge in [0.1, 0.15) is 0 Å². The number of hydrogen-bond acceptors (Lipinski definition) is 4. The van der Waals surface area contributed by atoms with Gasteiger partial charge in [-0.3, -0.25) is 9.48 Å². The van der Waals surface area contributed by atoms with E-state index in [9.17, 15) is 4.79 Å². The topological polar surface area (TPSA) is 68.2 Å². The van der Waals surface area contributed by atoms with Gasteiger partial charge in [0.2, 0.25) is 5.91 Å². The normalized spacial score (nSPS) is 15.7. The van der Waals surface area contributed by atoms with Crippen molar-refractivity contribution in [1.82, 2.24) is 20.4 Å². The Morgan fingerprint density at radius 2 is 2.13 bits per heavy atom. The van der Waals surface area contributed by atoms with Crippen LogP contribution in [-0.2, 0) is 16.1 Å². The molecule has 1 fully saturated rings. The minimum Gasteiger partial charge on any atom is -0.375 e. The fourth-order valence-corrected chi connectivity index (χ4v) is 2.93.